The summed E-state index contributed by atoms with van der Waals surface area (Å²) in [5.41, 5.74) is 10.3. The van der Waals surface area contributed by atoms with Crippen molar-refractivity contribution in [3.05, 3.63) is 34.8 Å². The number of fused-ring (bicyclic) bond motifs is 1. The third kappa shape index (κ3) is 6.24. The van der Waals surface area contributed by atoms with E-state index in [1.54, 1.807) is 14.0 Å². The lowest BCUT2D eigenvalue weighted by atomic mass is 9.98. The highest BCUT2D eigenvalue weighted by molar-refractivity contribution is 5.95. The van der Waals surface area contributed by atoms with Crippen molar-refractivity contribution in [3.8, 4) is 5.75 Å². The van der Waals surface area contributed by atoms with Crippen LogP contribution >= 0.6 is 0 Å². The Labute approximate surface area is 266 Å². The van der Waals surface area contributed by atoms with E-state index in [4.69, 9.17) is 10.5 Å². The number of carbonyl (C=O) groups excluding carboxylic acids is 3. The maximum atomic E-state index is 13.6. The first-order chi connectivity index (χ1) is 21.6. The molecule has 1 aromatic rings. The summed E-state index contributed by atoms with van der Waals surface area (Å²) >= 11 is 0. The second-order valence-electron chi connectivity index (χ2n) is 13.2. The van der Waals surface area contributed by atoms with Crippen LogP contribution in [-0.4, -0.2) is 120 Å². The Hall–Kier alpha value is -3.71. The molecule has 3 amide bonds. The topological polar surface area (TPSA) is 139 Å². The molecule has 2 atom stereocenters. The van der Waals surface area contributed by atoms with E-state index < -0.39 is 5.91 Å². The van der Waals surface area contributed by atoms with Gasteiger partial charge in [-0.3, -0.25) is 30.3 Å². The fourth-order valence-corrected chi connectivity index (χ4v) is 7.68. The van der Waals surface area contributed by atoms with Gasteiger partial charge in [-0.1, -0.05) is 19.8 Å². The van der Waals surface area contributed by atoms with Crippen molar-refractivity contribution in [2.24, 2.45) is 5.73 Å². The fraction of sp³-hybridized carbons (Fsp3) is 0.656. The van der Waals surface area contributed by atoms with Gasteiger partial charge in [-0.05, 0) is 48.9 Å². The molecule has 0 radical (unpaired) electrons. The van der Waals surface area contributed by atoms with E-state index >= 15 is 0 Å². The molecule has 246 valence electrons. The van der Waals surface area contributed by atoms with Crippen LogP contribution in [0.3, 0.4) is 0 Å². The van der Waals surface area contributed by atoms with Gasteiger partial charge in [-0.2, -0.15) is 0 Å². The molecule has 1 saturated heterocycles. The largest absolute Gasteiger partial charge is 0.495 e. The Morgan fingerprint density at radius 1 is 1.07 bits per heavy atom. The van der Waals surface area contributed by atoms with Gasteiger partial charge in [-0.25, -0.2) is 0 Å². The van der Waals surface area contributed by atoms with Crippen LogP contribution in [0, 0.1) is 0 Å². The highest BCUT2D eigenvalue weighted by Crippen LogP contribution is 2.37. The molecule has 1 saturated carbocycles. The summed E-state index contributed by atoms with van der Waals surface area (Å²) in [7, 11) is 3.58. The molecule has 1 aliphatic carbocycles. The molecule has 1 unspecified atom stereocenters. The first kappa shape index (κ1) is 31.3. The summed E-state index contributed by atoms with van der Waals surface area (Å²) < 4.78 is 5.80. The van der Waals surface area contributed by atoms with Gasteiger partial charge in [0.1, 0.15) is 17.3 Å². The number of amides is 3. The standard InChI is InChI=1S/C32H49N9O4/c1-5-24-19-37(3)29-30(41(24)25-8-6-7-9-25)35-32(33,36-31(29)44)34-26-16-22-10-11-40(18-23(22)17-27(26)45-4)28(43)20-38-12-14-39(15-13-38)21(2)42/h16-17,24-25,34-35H,5-15,18-20,33H2,1-4H3,(H,36,44)/t24?,32-/m1/s1. The normalized spacial score (nSPS) is 25.9. The van der Waals surface area contributed by atoms with E-state index in [0.29, 0.717) is 75.4 Å². The van der Waals surface area contributed by atoms with Crippen LogP contribution in [0.15, 0.2) is 23.7 Å². The predicted molar refractivity (Wildman–Crippen MR) is 170 cm³/mol. The summed E-state index contributed by atoms with van der Waals surface area (Å²) in [5.74, 6) is -0.106. The summed E-state index contributed by atoms with van der Waals surface area (Å²) in [5, 5.41) is 9.83. The van der Waals surface area contributed by atoms with Crippen LogP contribution in [0.1, 0.15) is 57.1 Å². The number of hydrogen-bond acceptors (Lipinski definition) is 10. The smallest absolute Gasteiger partial charge is 0.275 e. The number of likely N-dealkylation sites (N-methyl/N-ethyl adjacent to an activating group) is 1. The highest BCUT2D eigenvalue weighted by Gasteiger charge is 2.46. The van der Waals surface area contributed by atoms with E-state index in [-0.39, 0.29) is 23.8 Å². The summed E-state index contributed by atoms with van der Waals surface area (Å²) in [6, 6.07) is 4.66. The quantitative estimate of drug-likeness (QED) is 0.319. The first-order valence-corrected chi connectivity index (χ1v) is 16.5. The number of nitrogens with zero attached hydrogens (tertiary/aromatic N) is 5. The minimum atomic E-state index is -1.44. The van der Waals surface area contributed by atoms with Gasteiger partial charge in [0.2, 0.25) is 17.7 Å². The lowest BCUT2D eigenvalue weighted by Gasteiger charge is -2.52. The van der Waals surface area contributed by atoms with E-state index in [1.807, 2.05) is 33.9 Å². The van der Waals surface area contributed by atoms with Crippen molar-refractivity contribution in [3.63, 3.8) is 0 Å². The molecule has 5 N–H and O–H groups in total. The Kier molecular flexibility index (Phi) is 8.75. The summed E-state index contributed by atoms with van der Waals surface area (Å²) in [4.78, 5) is 48.8. The lowest BCUT2D eigenvalue weighted by Crippen LogP contribution is -2.76. The zero-order valence-electron chi connectivity index (χ0n) is 27.2. The van der Waals surface area contributed by atoms with E-state index in [0.717, 1.165) is 42.8 Å². The van der Waals surface area contributed by atoms with Crippen molar-refractivity contribution in [1.29, 1.82) is 0 Å². The molecule has 4 aliphatic heterocycles. The number of rotatable bonds is 7. The number of methoxy groups -OCH3 is 1. The Bertz CT molecular complexity index is 1350. The molecule has 1 aromatic carbocycles. The number of nitrogens with one attached hydrogen (secondary N) is 3. The van der Waals surface area contributed by atoms with Crippen molar-refractivity contribution in [2.75, 3.05) is 65.3 Å². The predicted octanol–water partition coefficient (Wildman–Crippen LogP) is 0.583. The average molecular weight is 624 g/mol. The van der Waals surface area contributed by atoms with Crippen LogP contribution in [0.2, 0.25) is 0 Å². The number of carbonyl (C=O) groups is 3. The Balaban J connectivity index is 1.17. The number of nitrogens with two attached hydrogens (primary N) is 1. The van der Waals surface area contributed by atoms with Crippen molar-refractivity contribution in [1.82, 2.24) is 35.1 Å². The minimum Gasteiger partial charge on any atom is -0.495 e. The lowest BCUT2D eigenvalue weighted by molar-refractivity contribution is -0.135. The number of anilines is 1. The van der Waals surface area contributed by atoms with Crippen LogP contribution in [0.4, 0.5) is 5.69 Å². The van der Waals surface area contributed by atoms with Crippen LogP contribution in [0.5, 0.6) is 5.75 Å². The second kappa shape index (κ2) is 12.6. The maximum Gasteiger partial charge on any atom is 0.275 e. The second-order valence-corrected chi connectivity index (χ2v) is 13.2. The first-order valence-electron chi connectivity index (χ1n) is 16.5. The number of ether oxygens (including phenoxy) is 1. The molecule has 0 spiro atoms. The third-order valence-electron chi connectivity index (χ3n) is 10.2. The van der Waals surface area contributed by atoms with E-state index in [2.05, 4.69) is 32.7 Å². The third-order valence-corrected chi connectivity index (χ3v) is 10.2. The fourth-order valence-electron chi connectivity index (χ4n) is 7.68. The monoisotopic (exact) mass is 623 g/mol. The average Bonchev–Trinajstić information content (AvgIpc) is 3.54. The molecule has 4 heterocycles. The van der Waals surface area contributed by atoms with Crippen molar-refractivity contribution < 1.29 is 19.1 Å². The molecule has 13 heteroatoms. The number of piperazine rings is 1. The van der Waals surface area contributed by atoms with E-state index in [9.17, 15) is 14.4 Å². The SMILES string of the molecule is CCC1CN(C)C2=C(N[C@@](N)(Nc3cc4c(cc3OC)CN(C(=O)CN3CCN(C(C)=O)CC3)CC4)NC2=O)N1C1CCCC1. The van der Waals surface area contributed by atoms with Crippen molar-refractivity contribution >= 4 is 23.4 Å². The van der Waals surface area contributed by atoms with Crippen LogP contribution in [0.25, 0.3) is 0 Å². The molecule has 0 bridgehead atoms. The van der Waals surface area contributed by atoms with Crippen LogP contribution < -0.4 is 26.4 Å². The Morgan fingerprint density at radius 2 is 1.80 bits per heavy atom. The van der Waals surface area contributed by atoms with E-state index in [1.165, 1.54) is 12.8 Å². The molecule has 6 rings (SSSR count). The van der Waals surface area contributed by atoms with Gasteiger partial charge < -0.3 is 35.0 Å². The van der Waals surface area contributed by atoms with Crippen LogP contribution in [-0.2, 0) is 27.3 Å². The summed E-state index contributed by atoms with van der Waals surface area (Å²) in [6.07, 6.45) is 6.28. The number of benzene rings is 1. The molecule has 13 nitrogen and oxygen atoms in total. The van der Waals surface area contributed by atoms with Gasteiger partial charge in [-0.15, -0.1) is 0 Å². The van der Waals surface area contributed by atoms with Crippen molar-refractivity contribution in [2.45, 2.75) is 76.9 Å². The van der Waals surface area contributed by atoms with Gasteiger partial charge in [0, 0.05) is 71.9 Å². The molecule has 5 aliphatic rings. The minimum absolute atomic E-state index is 0.0817. The number of hydrogen-bond donors (Lipinski definition) is 4. The molecule has 45 heavy (non-hydrogen) atoms. The highest BCUT2D eigenvalue weighted by atomic mass is 16.5. The van der Waals surface area contributed by atoms with Gasteiger partial charge in [0.25, 0.3) is 5.91 Å². The molecular formula is C32H49N9O4. The maximum absolute atomic E-state index is 13.6. The Morgan fingerprint density at radius 3 is 2.47 bits per heavy atom. The van der Waals surface area contributed by atoms with Gasteiger partial charge in [0.15, 0.2) is 0 Å². The van der Waals surface area contributed by atoms with Gasteiger partial charge in [0.05, 0.1) is 19.3 Å². The molecular weight excluding hydrogens is 574 g/mol. The molecule has 0 aromatic heterocycles. The zero-order chi connectivity index (χ0) is 31.9. The summed E-state index contributed by atoms with van der Waals surface area (Å²) in [6.45, 7) is 8.77. The molecule has 2 fully saturated rings. The zero-order valence-corrected chi connectivity index (χ0v) is 27.2. The van der Waals surface area contributed by atoms with Gasteiger partial charge >= 0.3 is 0 Å².